The molecule has 0 amide bonds. The zero-order chi connectivity index (χ0) is 21.5. The lowest BCUT2D eigenvalue weighted by atomic mass is 10.0. The fraction of sp³-hybridized carbons (Fsp3) is 0.130. The van der Waals surface area contributed by atoms with Gasteiger partial charge in [-0.3, -0.25) is 0 Å². The number of benzene rings is 2. The zero-order valence-electron chi connectivity index (χ0n) is 15.8. The van der Waals surface area contributed by atoms with E-state index in [4.69, 9.17) is 4.42 Å². The quantitative estimate of drug-likeness (QED) is 0.469. The molecule has 2 heterocycles. The number of carboxylic acid groups (broad SMARTS) is 1. The van der Waals surface area contributed by atoms with Gasteiger partial charge in [0.15, 0.2) is 5.76 Å². The number of fused-ring (bicyclic) bond motifs is 1. The van der Waals surface area contributed by atoms with E-state index in [1.54, 1.807) is 12.1 Å². The fourth-order valence-electron chi connectivity index (χ4n) is 3.35. The van der Waals surface area contributed by atoms with Crippen molar-refractivity contribution in [3.63, 3.8) is 0 Å². The highest BCUT2D eigenvalue weighted by Crippen LogP contribution is 2.38. The molecule has 0 bridgehead atoms. The van der Waals surface area contributed by atoms with Crippen LogP contribution in [-0.4, -0.2) is 11.0 Å². The Bertz CT molecular complexity index is 1260. The maximum absolute atomic E-state index is 13.3. The van der Waals surface area contributed by atoms with Crippen LogP contribution in [0, 0.1) is 0 Å². The smallest absolute Gasteiger partial charge is 0.417 e. The third-order valence-electron chi connectivity index (χ3n) is 4.86. The Morgan fingerprint density at radius 1 is 1.03 bits per heavy atom. The maximum Gasteiger partial charge on any atom is 0.417 e. The molecular formula is C23H15F3NO3-. The Hall–Kier alpha value is -3.61. The lowest BCUT2D eigenvalue weighted by Gasteiger charge is -2.11. The van der Waals surface area contributed by atoms with Crippen molar-refractivity contribution in [1.29, 1.82) is 0 Å². The molecule has 2 aromatic carbocycles. The van der Waals surface area contributed by atoms with Gasteiger partial charge in [0.2, 0.25) is 0 Å². The molecular weight excluding hydrogens is 395 g/mol. The average Bonchev–Trinajstić information content (AvgIpc) is 3.22. The molecule has 0 fully saturated rings. The molecule has 0 spiro atoms. The SMILES string of the molecule is CCc1ccc2nc(-c3ccc(-c4ccccc4C(F)(F)F)o3)cc(C(=O)[O-])c2c1. The van der Waals surface area contributed by atoms with E-state index >= 15 is 0 Å². The monoisotopic (exact) mass is 410 g/mol. The summed E-state index contributed by atoms with van der Waals surface area (Å²) in [7, 11) is 0. The number of carbonyl (C=O) groups excluding carboxylic acids is 1. The van der Waals surface area contributed by atoms with Gasteiger partial charge in [0, 0.05) is 16.5 Å². The average molecular weight is 410 g/mol. The first-order valence-electron chi connectivity index (χ1n) is 9.19. The third kappa shape index (κ3) is 3.54. The molecule has 0 N–H and O–H groups in total. The van der Waals surface area contributed by atoms with Crippen molar-refractivity contribution in [1.82, 2.24) is 4.98 Å². The highest BCUT2D eigenvalue weighted by Gasteiger charge is 2.34. The van der Waals surface area contributed by atoms with Gasteiger partial charge < -0.3 is 14.3 Å². The van der Waals surface area contributed by atoms with Crippen molar-refractivity contribution in [2.24, 2.45) is 0 Å². The van der Waals surface area contributed by atoms with Crippen LogP contribution in [0.1, 0.15) is 28.4 Å². The molecule has 0 atom stereocenters. The highest BCUT2D eigenvalue weighted by molar-refractivity contribution is 6.03. The number of hydrogen-bond donors (Lipinski definition) is 0. The van der Waals surface area contributed by atoms with Crippen molar-refractivity contribution in [2.75, 3.05) is 0 Å². The highest BCUT2D eigenvalue weighted by atomic mass is 19.4. The minimum absolute atomic E-state index is 0.0103. The number of alkyl halides is 3. The van der Waals surface area contributed by atoms with Crippen molar-refractivity contribution < 1.29 is 27.5 Å². The number of nitrogens with zero attached hydrogens (tertiary/aromatic N) is 1. The summed E-state index contributed by atoms with van der Waals surface area (Å²) < 4.78 is 45.6. The van der Waals surface area contributed by atoms with E-state index in [2.05, 4.69) is 4.98 Å². The van der Waals surface area contributed by atoms with Crippen molar-refractivity contribution in [3.05, 3.63) is 77.4 Å². The second-order valence-corrected chi connectivity index (χ2v) is 6.75. The number of rotatable bonds is 4. The topological polar surface area (TPSA) is 66.2 Å². The number of aromatic nitrogens is 1. The van der Waals surface area contributed by atoms with Gasteiger partial charge in [0.25, 0.3) is 0 Å². The van der Waals surface area contributed by atoms with Gasteiger partial charge in [-0.1, -0.05) is 31.2 Å². The Morgan fingerprint density at radius 2 is 1.77 bits per heavy atom. The molecule has 30 heavy (non-hydrogen) atoms. The lowest BCUT2D eigenvalue weighted by Crippen LogP contribution is -2.22. The Labute approximate surface area is 169 Å². The van der Waals surface area contributed by atoms with Crippen LogP contribution < -0.4 is 5.11 Å². The fourth-order valence-corrected chi connectivity index (χ4v) is 3.35. The van der Waals surface area contributed by atoms with E-state index in [9.17, 15) is 23.1 Å². The standard InChI is InChI=1S/C23H16F3NO3/c1-2-13-7-8-18-15(11-13)16(22(28)29)12-19(27-18)21-10-9-20(30-21)14-5-3-4-6-17(14)23(24,25)26/h3-12H,2H2,1H3,(H,28,29)/p-1. The largest absolute Gasteiger partial charge is 0.545 e. The molecule has 4 rings (SSSR count). The second kappa shape index (κ2) is 7.33. The van der Waals surface area contributed by atoms with E-state index in [1.165, 1.54) is 36.4 Å². The number of hydrogen-bond acceptors (Lipinski definition) is 4. The molecule has 0 radical (unpaired) electrons. The molecule has 2 aromatic heterocycles. The number of furan rings is 1. The van der Waals surface area contributed by atoms with Crippen molar-refractivity contribution in [3.8, 4) is 22.8 Å². The van der Waals surface area contributed by atoms with Gasteiger partial charge in [-0.2, -0.15) is 13.2 Å². The predicted molar refractivity (Wildman–Crippen MR) is 104 cm³/mol. The van der Waals surface area contributed by atoms with Gasteiger partial charge in [-0.05, 0) is 48.4 Å². The van der Waals surface area contributed by atoms with Gasteiger partial charge in [-0.15, -0.1) is 0 Å². The summed E-state index contributed by atoms with van der Waals surface area (Å²) in [6, 6.07) is 14.6. The molecule has 7 heteroatoms. The van der Waals surface area contributed by atoms with Crippen LogP contribution in [0.3, 0.4) is 0 Å². The molecule has 0 aliphatic rings. The van der Waals surface area contributed by atoms with Gasteiger partial charge in [-0.25, -0.2) is 4.98 Å². The number of pyridine rings is 1. The summed E-state index contributed by atoms with van der Waals surface area (Å²) in [4.78, 5) is 16.1. The van der Waals surface area contributed by atoms with Gasteiger partial charge in [0.05, 0.1) is 17.0 Å². The number of aryl methyl sites for hydroxylation is 1. The summed E-state index contributed by atoms with van der Waals surface area (Å²) in [6.07, 6.45) is -3.81. The molecule has 4 nitrogen and oxygen atoms in total. The molecule has 0 aliphatic heterocycles. The first-order valence-corrected chi connectivity index (χ1v) is 9.19. The summed E-state index contributed by atoms with van der Waals surface area (Å²) >= 11 is 0. The Kier molecular flexibility index (Phi) is 4.81. The van der Waals surface area contributed by atoms with Crippen LogP contribution >= 0.6 is 0 Å². The number of aromatic carboxylic acids is 1. The summed E-state index contributed by atoms with van der Waals surface area (Å²) in [6.45, 7) is 1.95. The van der Waals surface area contributed by atoms with Crippen molar-refractivity contribution in [2.45, 2.75) is 19.5 Å². The van der Waals surface area contributed by atoms with Gasteiger partial charge >= 0.3 is 6.18 Å². The van der Waals surface area contributed by atoms with E-state index in [1.807, 2.05) is 13.0 Å². The Balaban J connectivity index is 1.84. The molecule has 0 saturated heterocycles. The van der Waals surface area contributed by atoms with Gasteiger partial charge in [0.1, 0.15) is 11.5 Å². The van der Waals surface area contributed by atoms with Crippen LogP contribution in [0.2, 0.25) is 0 Å². The number of carboxylic acids is 1. The molecule has 4 aromatic rings. The van der Waals surface area contributed by atoms with Crippen LogP contribution in [0.25, 0.3) is 33.7 Å². The van der Waals surface area contributed by atoms with E-state index < -0.39 is 17.7 Å². The van der Waals surface area contributed by atoms with E-state index in [-0.39, 0.29) is 28.3 Å². The predicted octanol–water partition coefficient (Wildman–Crippen LogP) is 5.11. The van der Waals surface area contributed by atoms with Crippen LogP contribution in [0.15, 0.2) is 65.1 Å². The van der Waals surface area contributed by atoms with E-state index in [0.717, 1.165) is 18.1 Å². The van der Waals surface area contributed by atoms with Crippen LogP contribution in [0.5, 0.6) is 0 Å². The van der Waals surface area contributed by atoms with Crippen LogP contribution in [-0.2, 0) is 12.6 Å². The number of carbonyl (C=O) groups is 1. The minimum atomic E-state index is -4.54. The second-order valence-electron chi connectivity index (χ2n) is 6.75. The molecule has 0 saturated carbocycles. The maximum atomic E-state index is 13.3. The normalized spacial score (nSPS) is 11.7. The first kappa shape index (κ1) is 19.7. The third-order valence-corrected chi connectivity index (χ3v) is 4.86. The van der Waals surface area contributed by atoms with Crippen LogP contribution in [0.4, 0.5) is 13.2 Å². The zero-order valence-corrected chi connectivity index (χ0v) is 15.8. The Morgan fingerprint density at radius 3 is 2.47 bits per heavy atom. The molecule has 0 aliphatic carbocycles. The minimum Gasteiger partial charge on any atom is -0.545 e. The lowest BCUT2D eigenvalue weighted by molar-refractivity contribution is -0.254. The van der Waals surface area contributed by atoms with E-state index in [0.29, 0.717) is 10.9 Å². The summed E-state index contributed by atoms with van der Waals surface area (Å²) in [5, 5.41) is 12.1. The number of halogens is 3. The molecule has 0 unspecified atom stereocenters. The van der Waals surface area contributed by atoms with Crippen molar-refractivity contribution >= 4 is 16.9 Å². The summed E-state index contributed by atoms with van der Waals surface area (Å²) in [5.41, 5.74) is 0.589. The summed E-state index contributed by atoms with van der Waals surface area (Å²) in [5.74, 6) is -1.20. The molecule has 152 valence electrons. The first-order chi connectivity index (χ1) is 14.3.